The Labute approximate surface area is 159 Å². The fourth-order valence-corrected chi connectivity index (χ4v) is 3.85. The second-order valence-corrected chi connectivity index (χ2v) is 6.99. The molecule has 2 heterocycles. The molecule has 146 valence electrons. The lowest BCUT2D eigenvalue weighted by Crippen LogP contribution is -2.52. The molecular formula is C21H28N2O4. The first-order valence-corrected chi connectivity index (χ1v) is 9.77. The summed E-state index contributed by atoms with van der Waals surface area (Å²) in [6, 6.07) is 9.05. The number of nitrogens with zero attached hydrogens (tertiary/aromatic N) is 1. The number of hydrogen-bond donors (Lipinski definition) is 1. The molecule has 0 saturated carbocycles. The van der Waals surface area contributed by atoms with Crippen LogP contribution in [0.3, 0.4) is 0 Å². The number of morpholine rings is 1. The van der Waals surface area contributed by atoms with E-state index in [1.807, 2.05) is 12.1 Å². The number of nitrogens with one attached hydrogen (secondary N) is 1. The molecule has 0 radical (unpaired) electrons. The van der Waals surface area contributed by atoms with Crippen molar-refractivity contribution in [2.45, 2.75) is 32.7 Å². The molecule has 2 aromatic rings. The average Bonchev–Trinajstić information content (AvgIpc) is 2.71. The number of benzene rings is 1. The number of carbonyl (C=O) groups excluding carboxylic acids is 1. The molecule has 1 aliphatic heterocycles. The van der Waals surface area contributed by atoms with Gasteiger partial charge in [0.1, 0.15) is 11.1 Å². The topological polar surface area (TPSA) is 71.8 Å². The van der Waals surface area contributed by atoms with Crippen LogP contribution in [-0.2, 0) is 4.74 Å². The largest absolute Gasteiger partial charge is 0.422 e. The molecule has 3 rings (SSSR count). The second kappa shape index (κ2) is 9.15. The smallest absolute Gasteiger partial charge is 0.349 e. The van der Waals surface area contributed by atoms with Gasteiger partial charge in [0.05, 0.1) is 13.2 Å². The van der Waals surface area contributed by atoms with Crippen LogP contribution >= 0.6 is 0 Å². The van der Waals surface area contributed by atoms with Crippen molar-refractivity contribution in [2.24, 2.45) is 5.92 Å². The first kappa shape index (κ1) is 19.6. The highest BCUT2D eigenvalue weighted by Crippen LogP contribution is 2.20. The van der Waals surface area contributed by atoms with E-state index in [2.05, 4.69) is 24.1 Å². The lowest BCUT2D eigenvalue weighted by atomic mass is 9.92. The summed E-state index contributed by atoms with van der Waals surface area (Å²) in [5.74, 6) is 0.107. The molecule has 27 heavy (non-hydrogen) atoms. The summed E-state index contributed by atoms with van der Waals surface area (Å²) in [4.78, 5) is 27.3. The molecular weight excluding hydrogens is 344 g/mol. The van der Waals surface area contributed by atoms with Crippen molar-refractivity contribution in [1.82, 2.24) is 10.2 Å². The van der Waals surface area contributed by atoms with Gasteiger partial charge in [-0.1, -0.05) is 44.9 Å². The van der Waals surface area contributed by atoms with Crippen molar-refractivity contribution in [2.75, 3.05) is 32.8 Å². The van der Waals surface area contributed by atoms with Gasteiger partial charge in [0.2, 0.25) is 0 Å². The zero-order valence-corrected chi connectivity index (χ0v) is 16.1. The van der Waals surface area contributed by atoms with Crippen LogP contribution in [0.2, 0.25) is 0 Å². The van der Waals surface area contributed by atoms with Gasteiger partial charge in [0.15, 0.2) is 0 Å². The molecule has 1 aliphatic rings. The molecule has 6 nitrogen and oxygen atoms in total. The average molecular weight is 372 g/mol. The second-order valence-electron chi connectivity index (χ2n) is 6.99. The minimum absolute atomic E-state index is 0.0546. The molecule has 0 bridgehead atoms. The molecule has 1 aromatic carbocycles. The molecule has 0 unspecified atom stereocenters. The van der Waals surface area contributed by atoms with E-state index in [4.69, 9.17) is 9.15 Å². The fraction of sp³-hybridized carbons (Fsp3) is 0.524. The third-order valence-corrected chi connectivity index (χ3v) is 5.47. The number of ether oxygens (including phenoxy) is 1. The van der Waals surface area contributed by atoms with Gasteiger partial charge in [-0.15, -0.1) is 0 Å². The normalized spacial score (nSPS) is 16.6. The van der Waals surface area contributed by atoms with Crippen molar-refractivity contribution >= 4 is 16.9 Å². The van der Waals surface area contributed by atoms with Crippen LogP contribution in [0.5, 0.6) is 0 Å². The molecule has 1 saturated heterocycles. The van der Waals surface area contributed by atoms with E-state index in [1.165, 1.54) is 0 Å². The summed E-state index contributed by atoms with van der Waals surface area (Å²) in [6.07, 6.45) is 2.10. The van der Waals surface area contributed by atoms with Crippen LogP contribution in [0.4, 0.5) is 0 Å². The van der Waals surface area contributed by atoms with Crippen LogP contribution in [0.15, 0.2) is 39.5 Å². The highest BCUT2D eigenvalue weighted by atomic mass is 16.5. The summed E-state index contributed by atoms with van der Waals surface area (Å²) in [5.41, 5.74) is -0.0575. The zero-order valence-electron chi connectivity index (χ0n) is 16.1. The first-order chi connectivity index (χ1) is 13.1. The SMILES string of the molecule is CCC(CC)[C@H](CNC(=O)c1cc2ccccc2oc1=O)N1CCOCC1. The molecule has 1 amide bonds. The molecule has 6 heteroatoms. The van der Waals surface area contributed by atoms with Crippen molar-refractivity contribution in [3.8, 4) is 0 Å². The van der Waals surface area contributed by atoms with E-state index in [1.54, 1.807) is 18.2 Å². The lowest BCUT2D eigenvalue weighted by Gasteiger charge is -2.38. The predicted molar refractivity (Wildman–Crippen MR) is 105 cm³/mol. The van der Waals surface area contributed by atoms with Gasteiger partial charge in [-0.05, 0) is 18.1 Å². The van der Waals surface area contributed by atoms with Crippen LogP contribution in [0, 0.1) is 5.92 Å². The minimum atomic E-state index is -0.600. The Kier molecular flexibility index (Phi) is 6.63. The van der Waals surface area contributed by atoms with Gasteiger partial charge < -0.3 is 14.5 Å². The van der Waals surface area contributed by atoms with Crippen LogP contribution in [0.1, 0.15) is 37.0 Å². The van der Waals surface area contributed by atoms with E-state index >= 15 is 0 Å². The Hall–Kier alpha value is -2.18. The molecule has 1 atom stereocenters. The van der Waals surface area contributed by atoms with Gasteiger partial charge in [-0.25, -0.2) is 4.79 Å². The Morgan fingerprint density at radius 3 is 2.59 bits per heavy atom. The van der Waals surface area contributed by atoms with Crippen LogP contribution in [0.25, 0.3) is 11.0 Å². The number of amides is 1. The third kappa shape index (κ3) is 4.57. The van der Waals surface area contributed by atoms with Crippen LogP contribution < -0.4 is 10.9 Å². The maximum Gasteiger partial charge on any atom is 0.349 e. The Bertz CT molecular complexity index is 822. The van der Waals surface area contributed by atoms with Gasteiger partial charge in [0, 0.05) is 31.1 Å². The first-order valence-electron chi connectivity index (χ1n) is 9.77. The van der Waals surface area contributed by atoms with Crippen molar-refractivity contribution in [3.05, 3.63) is 46.3 Å². The summed E-state index contributed by atoms with van der Waals surface area (Å²) in [7, 11) is 0. The molecule has 1 fully saturated rings. The van der Waals surface area contributed by atoms with Gasteiger partial charge in [-0.3, -0.25) is 9.69 Å². The van der Waals surface area contributed by atoms with E-state index in [-0.39, 0.29) is 17.5 Å². The van der Waals surface area contributed by atoms with E-state index in [0.717, 1.165) is 44.5 Å². The third-order valence-electron chi connectivity index (χ3n) is 5.47. The Morgan fingerprint density at radius 1 is 1.19 bits per heavy atom. The highest BCUT2D eigenvalue weighted by Gasteiger charge is 2.27. The van der Waals surface area contributed by atoms with E-state index in [0.29, 0.717) is 18.0 Å². The van der Waals surface area contributed by atoms with Crippen molar-refractivity contribution in [1.29, 1.82) is 0 Å². The fourth-order valence-electron chi connectivity index (χ4n) is 3.85. The number of carbonyl (C=O) groups is 1. The number of para-hydroxylation sites is 1. The summed E-state index contributed by atoms with van der Waals surface area (Å²) < 4.78 is 10.7. The van der Waals surface area contributed by atoms with Gasteiger partial charge >= 0.3 is 5.63 Å². The number of hydrogen-bond acceptors (Lipinski definition) is 5. The van der Waals surface area contributed by atoms with Crippen molar-refractivity contribution < 1.29 is 13.9 Å². The Morgan fingerprint density at radius 2 is 1.89 bits per heavy atom. The van der Waals surface area contributed by atoms with E-state index in [9.17, 15) is 9.59 Å². The van der Waals surface area contributed by atoms with E-state index < -0.39 is 5.63 Å². The number of rotatable bonds is 7. The molecule has 1 N–H and O–H groups in total. The minimum Gasteiger partial charge on any atom is -0.422 e. The summed E-state index contributed by atoms with van der Waals surface area (Å²) in [6.45, 7) is 8.06. The molecule has 1 aromatic heterocycles. The van der Waals surface area contributed by atoms with Crippen molar-refractivity contribution in [3.63, 3.8) is 0 Å². The predicted octanol–water partition coefficient (Wildman–Crippen LogP) is 2.66. The number of fused-ring (bicyclic) bond motifs is 1. The van der Waals surface area contributed by atoms with Crippen LogP contribution in [-0.4, -0.2) is 49.7 Å². The standard InChI is InChI=1S/C21H28N2O4/c1-3-15(4-2)18(23-9-11-26-12-10-23)14-22-20(24)17-13-16-7-5-6-8-19(16)27-21(17)25/h5-8,13,15,18H,3-4,9-12,14H2,1-2H3,(H,22,24)/t18-/m0/s1. The quantitative estimate of drug-likeness (QED) is 0.757. The van der Waals surface area contributed by atoms with Gasteiger partial charge in [0.25, 0.3) is 5.91 Å². The monoisotopic (exact) mass is 372 g/mol. The zero-order chi connectivity index (χ0) is 19.2. The molecule has 0 spiro atoms. The summed E-state index contributed by atoms with van der Waals surface area (Å²) >= 11 is 0. The summed E-state index contributed by atoms with van der Waals surface area (Å²) in [5, 5.41) is 3.71. The highest BCUT2D eigenvalue weighted by molar-refractivity contribution is 5.96. The maximum absolute atomic E-state index is 12.7. The lowest BCUT2D eigenvalue weighted by molar-refractivity contribution is 0.00190. The van der Waals surface area contributed by atoms with Gasteiger partial charge in [-0.2, -0.15) is 0 Å². The molecule has 0 aliphatic carbocycles. The maximum atomic E-state index is 12.7. The Balaban J connectivity index is 1.75.